The first kappa shape index (κ1) is 17.5. The smallest absolute Gasteiger partial charge is 0.191 e. The summed E-state index contributed by atoms with van der Waals surface area (Å²) in [6, 6.07) is 0. The summed E-state index contributed by atoms with van der Waals surface area (Å²) in [6.07, 6.45) is 1.70. The fraction of sp³-hybridized carbons (Fsp3) is 0.733. The number of nitrogens with zero attached hydrogens (tertiary/aromatic N) is 2. The van der Waals surface area contributed by atoms with Crippen molar-refractivity contribution in [3.05, 3.63) is 17.0 Å². The van der Waals surface area contributed by atoms with Crippen LogP contribution in [0.2, 0.25) is 0 Å². The van der Waals surface area contributed by atoms with Gasteiger partial charge in [-0.05, 0) is 20.3 Å². The van der Waals surface area contributed by atoms with Gasteiger partial charge in [-0.3, -0.25) is 4.99 Å². The number of ether oxygens (including phenoxy) is 1. The minimum Gasteiger partial charge on any atom is -0.377 e. The summed E-state index contributed by atoms with van der Waals surface area (Å²) in [7, 11) is 3.46. The molecule has 0 aliphatic rings. The van der Waals surface area contributed by atoms with E-state index in [2.05, 4.69) is 34.6 Å². The standard InChI is InChI=1S/C15H28N4O2/c1-7-12-11(13(8-2)21-19-12)9-17-14(16-5)18-10-15(3,4)20-6/h7-10H2,1-6H3,(H2,16,17,18). The van der Waals surface area contributed by atoms with Gasteiger partial charge in [0.1, 0.15) is 5.76 Å². The molecular formula is C15H28N4O2. The quantitative estimate of drug-likeness (QED) is 0.594. The Balaban J connectivity index is 2.62. The lowest BCUT2D eigenvalue weighted by molar-refractivity contribution is 0.0268. The molecule has 1 rings (SSSR count). The van der Waals surface area contributed by atoms with Gasteiger partial charge in [0.25, 0.3) is 0 Å². The van der Waals surface area contributed by atoms with Gasteiger partial charge in [0.15, 0.2) is 5.96 Å². The van der Waals surface area contributed by atoms with E-state index in [1.807, 2.05) is 13.8 Å². The minimum absolute atomic E-state index is 0.238. The number of aromatic nitrogens is 1. The number of hydrogen-bond acceptors (Lipinski definition) is 4. The van der Waals surface area contributed by atoms with Crippen LogP contribution in [0.15, 0.2) is 9.52 Å². The maximum atomic E-state index is 5.39. The third-order valence-corrected chi connectivity index (χ3v) is 3.50. The van der Waals surface area contributed by atoms with Crippen LogP contribution in [0.1, 0.15) is 44.7 Å². The predicted octanol–water partition coefficient (Wildman–Crippen LogP) is 1.89. The van der Waals surface area contributed by atoms with Crippen LogP contribution in [0.4, 0.5) is 0 Å². The first-order valence-corrected chi connectivity index (χ1v) is 7.43. The number of aryl methyl sites for hydroxylation is 2. The second-order valence-electron chi connectivity index (χ2n) is 5.48. The van der Waals surface area contributed by atoms with Crippen LogP contribution in [0.25, 0.3) is 0 Å². The first-order chi connectivity index (χ1) is 9.97. The summed E-state index contributed by atoms with van der Waals surface area (Å²) >= 11 is 0. The SMILES string of the molecule is CCc1noc(CC)c1CNC(=NC)NCC(C)(C)OC. The lowest BCUT2D eigenvalue weighted by Crippen LogP contribution is -2.45. The zero-order valence-electron chi connectivity index (χ0n) is 14.0. The molecule has 0 aliphatic carbocycles. The van der Waals surface area contributed by atoms with E-state index in [0.717, 1.165) is 35.8 Å². The molecule has 1 aromatic heterocycles. The van der Waals surface area contributed by atoms with E-state index in [-0.39, 0.29) is 5.60 Å². The normalized spacial score (nSPS) is 12.6. The van der Waals surface area contributed by atoms with Gasteiger partial charge < -0.3 is 19.9 Å². The molecule has 120 valence electrons. The Morgan fingerprint density at radius 3 is 2.52 bits per heavy atom. The summed E-state index contributed by atoms with van der Waals surface area (Å²) in [6.45, 7) is 9.53. The molecule has 6 heteroatoms. The molecule has 0 fully saturated rings. The number of rotatable bonds is 7. The Morgan fingerprint density at radius 2 is 2.00 bits per heavy atom. The molecule has 0 aliphatic heterocycles. The monoisotopic (exact) mass is 296 g/mol. The van der Waals surface area contributed by atoms with Crippen LogP contribution < -0.4 is 10.6 Å². The van der Waals surface area contributed by atoms with Gasteiger partial charge >= 0.3 is 0 Å². The van der Waals surface area contributed by atoms with E-state index < -0.39 is 0 Å². The fourth-order valence-corrected chi connectivity index (χ4v) is 1.90. The van der Waals surface area contributed by atoms with Crippen LogP contribution in [0.3, 0.4) is 0 Å². The van der Waals surface area contributed by atoms with Crippen LogP contribution in [-0.2, 0) is 24.1 Å². The zero-order valence-corrected chi connectivity index (χ0v) is 14.0. The Kier molecular flexibility index (Phi) is 6.68. The molecule has 21 heavy (non-hydrogen) atoms. The van der Waals surface area contributed by atoms with Crippen molar-refractivity contribution in [2.45, 2.75) is 52.7 Å². The summed E-state index contributed by atoms with van der Waals surface area (Å²) in [4.78, 5) is 4.22. The van der Waals surface area contributed by atoms with Gasteiger partial charge in [-0.15, -0.1) is 0 Å². The van der Waals surface area contributed by atoms with Crippen molar-refractivity contribution in [2.24, 2.45) is 4.99 Å². The van der Waals surface area contributed by atoms with Crippen LogP contribution in [-0.4, -0.2) is 37.4 Å². The molecular weight excluding hydrogens is 268 g/mol. The first-order valence-electron chi connectivity index (χ1n) is 7.43. The summed E-state index contributed by atoms with van der Waals surface area (Å²) in [5.74, 6) is 1.68. The zero-order chi connectivity index (χ0) is 15.9. The molecule has 0 radical (unpaired) electrons. The number of aliphatic imine (C=N–C) groups is 1. The van der Waals surface area contributed by atoms with Crippen molar-refractivity contribution >= 4 is 5.96 Å². The molecule has 1 heterocycles. The average molecular weight is 296 g/mol. The average Bonchev–Trinajstić information content (AvgIpc) is 2.89. The van der Waals surface area contributed by atoms with Gasteiger partial charge in [0.2, 0.25) is 0 Å². The Bertz CT molecular complexity index is 445. The summed E-state index contributed by atoms with van der Waals surface area (Å²) < 4.78 is 10.7. The van der Waals surface area contributed by atoms with Gasteiger partial charge in [-0.1, -0.05) is 19.0 Å². The highest BCUT2D eigenvalue weighted by atomic mass is 16.5. The van der Waals surface area contributed by atoms with Gasteiger partial charge in [0, 0.05) is 39.2 Å². The molecule has 0 aromatic carbocycles. The molecule has 1 aromatic rings. The molecule has 0 saturated heterocycles. The van der Waals surface area contributed by atoms with Crippen LogP contribution in [0, 0.1) is 0 Å². The highest BCUT2D eigenvalue weighted by molar-refractivity contribution is 5.79. The van der Waals surface area contributed by atoms with Crippen molar-refractivity contribution in [1.82, 2.24) is 15.8 Å². The number of nitrogens with one attached hydrogen (secondary N) is 2. The van der Waals surface area contributed by atoms with Crippen molar-refractivity contribution in [3.63, 3.8) is 0 Å². The Morgan fingerprint density at radius 1 is 1.29 bits per heavy atom. The Hall–Kier alpha value is -1.56. The molecule has 0 amide bonds. The lowest BCUT2D eigenvalue weighted by Gasteiger charge is -2.24. The van der Waals surface area contributed by atoms with Gasteiger partial charge in [0.05, 0.1) is 11.3 Å². The molecule has 0 spiro atoms. The molecule has 0 saturated carbocycles. The number of guanidine groups is 1. The molecule has 0 atom stereocenters. The van der Waals surface area contributed by atoms with Crippen molar-refractivity contribution in [2.75, 3.05) is 20.7 Å². The van der Waals surface area contributed by atoms with E-state index in [9.17, 15) is 0 Å². The van der Waals surface area contributed by atoms with E-state index in [1.54, 1.807) is 14.2 Å². The van der Waals surface area contributed by atoms with Gasteiger partial charge in [-0.25, -0.2) is 0 Å². The molecule has 6 nitrogen and oxygen atoms in total. The Labute approximate surface area is 127 Å². The molecule has 2 N–H and O–H groups in total. The third kappa shape index (κ3) is 5.04. The topological polar surface area (TPSA) is 71.7 Å². The van der Waals surface area contributed by atoms with Crippen molar-refractivity contribution in [3.8, 4) is 0 Å². The largest absolute Gasteiger partial charge is 0.377 e. The lowest BCUT2D eigenvalue weighted by atomic mass is 10.1. The van der Waals surface area contributed by atoms with E-state index in [1.165, 1.54) is 0 Å². The van der Waals surface area contributed by atoms with Crippen molar-refractivity contribution in [1.29, 1.82) is 0 Å². The second kappa shape index (κ2) is 8.02. The predicted molar refractivity (Wildman–Crippen MR) is 84.5 cm³/mol. The number of hydrogen-bond donors (Lipinski definition) is 2. The maximum Gasteiger partial charge on any atom is 0.191 e. The molecule has 0 bridgehead atoms. The third-order valence-electron chi connectivity index (χ3n) is 3.50. The van der Waals surface area contributed by atoms with E-state index in [4.69, 9.17) is 9.26 Å². The highest BCUT2D eigenvalue weighted by Gasteiger charge is 2.17. The maximum absolute atomic E-state index is 5.39. The summed E-state index contributed by atoms with van der Waals surface area (Å²) in [5, 5.41) is 10.7. The summed E-state index contributed by atoms with van der Waals surface area (Å²) in [5.41, 5.74) is 1.90. The van der Waals surface area contributed by atoms with Crippen molar-refractivity contribution < 1.29 is 9.26 Å². The highest BCUT2D eigenvalue weighted by Crippen LogP contribution is 2.15. The number of methoxy groups -OCH3 is 1. The van der Waals surface area contributed by atoms with Gasteiger partial charge in [-0.2, -0.15) is 0 Å². The van der Waals surface area contributed by atoms with Crippen LogP contribution >= 0.6 is 0 Å². The van der Waals surface area contributed by atoms with Crippen LogP contribution in [0.5, 0.6) is 0 Å². The second-order valence-corrected chi connectivity index (χ2v) is 5.48. The van der Waals surface area contributed by atoms with E-state index in [0.29, 0.717) is 13.1 Å². The van der Waals surface area contributed by atoms with E-state index >= 15 is 0 Å². The molecule has 0 unspecified atom stereocenters. The fourth-order valence-electron chi connectivity index (χ4n) is 1.90. The minimum atomic E-state index is -0.238.